The van der Waals surface area contributed by atoms with Gasteiger partial charge in [-0.2, -0.15) is 0 Å². The molecule has 2 rings (SSSR count). The summed E-state index contributed by atoms with van der Waals surface area (Å²) in [6.45, 7) is 2.40. The van der Waals surface area contributed by atoms with Crippen LogP contribution in [-0.4, -0.2) is 30.7 Å². The molecule has 0 atom stereocenters. The maximum atomic E-state index is 10.8. The lowest BCUT2D eigenvalue weighted by atomic mass is 10.1. The normalized spacial score (nSPS) is 14.1. The molecule has 0 radical (unpaired) electrons. The van der Waals surface area contributed by atoms with Gasteiger partial charge in [-0.25, -0.2) is 4.79 Å². The Labute approximate surface area is 88.3 Å². The molecular formula is C11H14N2O2. The highest BCUT2D eigenvalue weighted by Gasteiger charge is 2.19. The van der Waals surface area contributed by atoms with E-state index in [1.165, 1.54) is 0 Å². The fraction of sp³-hybridized carbons (Fsp3) is 0.364. The zero-order valence-electron chi connectivity index (χ0n) is 8.44. The lowest BCUT2D eigenvalue weighted by molar-refractivity contribution is 0.0697. The van der Waals surface area contributed by atoms with E-state index in [1.807, 2.05) is 6.07 Å². The summed E-state index contributed by atoms with van der Waals surface area (Å²) < 4.78 is 0. The molecule has 4 heteroatoms. The largest absolute Gasteiger partial charge is 0.478 e. The first kappa shape index (κ1) is 9.98. The Bertz CT molecular complexity index is 390. The molecule has 1 heterocycles. The van der Waals surface area contributed by atoms with E-state index in [9.17, 15) is 4.79 Å². The molecule has 80 valence electrons. The van der Waals surface area contributed by atoms with Gasteiger partial charge in [0, 0.05) is 25.3 Å². The van der Waals surface area contributed by atoms with Gasteiger partial charge in [-0.3, -0.25) is 0 Å². The molecule has 0 amide bonds. The van der Waals surface area contributed by atoms with E-state index in [-0.39, 0.29) is 0 Å². The standard InChI is InChI=1S/C11H14N2O2/c12-4-6-13-5-3-8-7-9(11(14)15)1-2-10(8)13/h1-2,7H,3-6,12H2,(H,14,15). The number of hydrogen-bond donors (Lipinski definition) is 2. The van der Waals surface area contributed by atoms with Gasteiger partial charge in [-0.15, -0.1) is 0 Å². The summed E-state index contributed by atoms with van der Waals surface area (Å²) in [5.74, 6) is -0.866. The van der Waals surface area contributed by atoms with Crippen LogP contribution in [-0.2, 0) is 6.42 Å². The van der Waals surface area contributed by atoms with E-state index in [0.29, 0.717) is 12.1 Å². The van der Waals surface area contributed by atoms with Crippen LogP contribution >= 0.6 is 0 Å². The highest BCUT2D eigenvalue weighted by Crippen LogP contribution is 2.28. The van der Waals surface area contributed by atoms with Crippen LogP contribution in [0.1, 0.15) is 15.9 Å². The van der Waals surface area contributed by atoms with Crippen LogP contribution in [0.2, 0.25) is 0 Å². The smallest absolute Gasteiger partial charge is 0.335 e. The average molecular weight is 206 g/mol. The summed E-state index contributed by atoms with van der Waals surface area (Å²) in [7, 11) is 0. The molecule has 0 aliphatic carbocycles. The Morgan fingerprint density at radius 3 is 3.00 bits per heavy atom. The first-order chi connectivity index (χ1) is 7.22. The van der Waals surface area contributed by atoms with E-state index >= 15 is 0 Å². The van der Waals surface area contributed by atoms with Crippen LogP contribution in [0.5, 0.6) is 0 Å². The van der Waals surface area contributed by atoms with E-state index < -0.39 is 5.97 Å². The van der Waals surface area contributed by atoms with Gasteiger partial charge in [0.2, 0.25) is 0 Å². The molecule has 3 N–H and O–H groups in total. The van der Waals surface area contributed by atoms with Crippen LogP contribution in [0.4, 0.5) is 5.69 Å². The molecule has 0 spiro atoms. The van der Waals surface area contributed by atoms with E-state index in [0.717, 1.165) is 30.8 Å². The van der Waals surface area contributed by atoms with E-state index in [4.69, 9.17) is 10.8 Å². The van der Waals surface area contributed by atoms with Crippen LogP contribution in [0.15, 0.2) is 18.2 Å². The fourth-order valence-corrected chi connectivity index (χ4v) is 1.99. The maximum Gasteiger partial charge on any atom is 0.335 e. The third-order valence-electron chi connectivity index (χ3n) is 2.72. The van der Waals surface area contributed by atoms with Crippen molar-refractivity contribution in [2.45, 2.75) is 6.42 Å². The quantitative estimate of drug-likeness (QED) is 0.764. The van der Waals surface area contributed by atoms with Crippen molar-refractivity contribution >= 4 is 11.7 Å². The van der Waals surface area contributed by atoms with Crippen LogP contribution in [0.25, 0.3) is 0 Å². The number of nitrogens with two attached hydrogens (primary N) is 1. The number of nitrogens with zero attached hydrogens (tertiary/aromatic N) is 1. The summed E-state index contributed by atoms with van der Waals surface area (Å²) >= 11 is 0. The maximum absolute atomic E-state index is 10.8. The predicted octanol–water partition coefficient (Wildman–Crippen LogP) is 0.706. The summed E-state index contributed by atoms with van der Waals surface area (Å²) in [5.41, 5.74) is 8.12. The number of hydrogen-bond acceptors (Lipinski definition) is 3. The van der Waals surface area contributed by atoms with E-state index in [1.54, 1.807) is 12.1 Å². The minimum atomic E-state index is -0.866. The Morgan fingerprint density at radius 1 is 1.53 bits per heavy atom. The molecule has 0 aromatic heterocycles. The van der Waals surface area contributed by atoms with Crippen molar-refractivity contribution in [2.24, 2.45) is 5.73 Å². The van der Waals surface area contributed by atoms with Crippen molar-refractivity contribution in [1.82, 2.24) is 0 Å². The zero-order chi connectivity index (χ0) is 10.8. The Kier molecular flexibility index (Phi) is 2.60. The number of fused-ring (bicyclic) bond motifs is 1. The number of rotatable bonds is 3. The summed E-state index contributed by atoms with van der Waals surface area (Å²) in [6, 6.07) is 5.28. The van der Waals surface area contributed by atoms with E-state index in [2.05, 4.69) is 4.90 Å². The molecule has 0 fully saturated rings. The topological polar surface area (TPSA) is 66.6 Å². The molecule has 1 aliphatic heterocycles. The lowest BCUT2D eigenvalue weighted by Crippen LogP contribution is -2.27. The molecule has 15 heavy (non-hydrogen) atoms. The van der Waals surface area contributed by atoms with Gasteiger partial charge in [0.15, 0.2) is 0 Å². The second-order valence-electron chi connectivity index (χ2n) is 3.67. The number of carboxylic acid groups (broad SMARTS) is 1. The molecule has 1 aliphatic rings. The molecule has 1 aromatic rings. The lowest BCUT2D eigenvalue weighted by Gasteiger charge is -2.17. The van der Waals surface area contributed by atoms with Gasteiger partial charge in [0.1, 0.15) is 0 Å². The first-order valence-electron chi connectivity index (χ1n) is 5.03. The third-order valence-corrected chi connectivity index (χ3v) is 2.72. The molecular weight excluding hydrogens is 192 g/mol. The molecule has 1 aromatic carbocycles. The fourth-order valence-electron chi connectivity index (χ4n) is 1.99. The Balaban J connectivity index is 2.29. The molecule has 0 saturated carbocycles. The van der Waals surface area contributed by atoms with Gasteiger partial charge in [0.05, 0.1) is 5.56 Å². The SMILES string of the molecule is NCCN1CCc2cc(C(=O)O)ccc21. The predicted molar refractivity (Wildman–Crippen MR) is 58.4 cm³/mol. The number of carbonyl (C=O) groups is 1. The zero-order valence-corrected chi connectivity index (χ0v) is 8.44. The number of benzene rings is 1. The Hall–Kier alpha value is -1.55. The number of anilines is 1. The minimum Gasteiger partial charge on any atom is -0.478 e. The molecule has 0 saturated heterocycles. The molecule has 4 nitrogen and oxygen atoms in total. The monoisotopic (exact) mass is 206 g/mol. The minimum absolute atomic E-state index is 0.364. The number of aromatic carboxylic acids is 1. The summed E-state index contributed by atoms with van der Waals surface area (Å²) in [4.78, 5) is 13.0. The van der Waals surface area contributed by atoms with Gasteiger partial charge in [-0.05, 0) is 30.2 Å². The molecule has 0 unspecified atom stereocenters. The van der Waals surface area contributed by atoms with Crippen molar-refractivity contribution in [2.75, 3.05) is 24.5 Å². The van der Waals surface area contributed by atoms with Crippen LogP contribution in [0, 0.1) is 0 Å². The van der Waals surface area contributed by atoms with Crippen molar-refractivity contribution in [1.29, 1.82) is 0 Å². The highest BCUT2D eigenvalue weighted by molar-refractivity contribution is 5.88. The summed E-state index contributed by atoms with van der Waals surface area (Å²) in [5, 5.41) is 8.85. The summed E-state index contributed by atoms with van der Waals surface area (Å²) in [6.07, 6.45) is 0.913. The van der Waals surface area contributed by atoms with Gasteiger partial charge < -0.3 is 15.7 Å². The van der Waals surface area contributed by atoms with Crippen LogP contribution in [0.3, 0.4) is 0 Å². The van der Waals surface area contributed by atoms with Crippen LogP contribution < -0.4 is 10.6 Å². The van der Waals surface area contributed by atoms with Crippen molar-refractivity contribution in [3.8, 4) is 0 Å². The molecule has 0 bridgehead atoms. The van der Waals surface area contributed by atoms with Gasteiger partial charge in [0.25, 0.3) is 0 Å². The van der Waals surface area contributed by atoms with Crippen molar-refractivity contribution in [3.63, 3.8) is 0 Å². The third kappa shape index (κ3) is 1.80. The van der Waals surface area contributed by atoms with Gasteiger partial charge >= 0.3 is 5.97 Å². The first-order valence-corrected chi connectivity index (χ1v) is 5.03. The second-order valence-corrected chi connectivity index (χ2v) is 3.67. The van der Waals surface area contributed by atoms with Crippen molar-refractivity contribution < 1.29 is 9.90 Å². The second kappa shape index (κ2) is 3.90. The van der Waals surface area contributed by atoms with Crippen molar-refractivity contribution in [3.05, 3.63) is 29.3 Å². The highest BCUT2D eigenvalue weighted by atomic mass is 16.4. The number of carboxylic acids is 1. The average Bonchev–Trinajstić information content (AvgIpc) is 2.61. The van der Waals surface area contributed by atoms with Gasteiger partial charge in [-0.1, -0.05) is 0 Å². The Morgan fingerprint density at radius 2 is 2.33 bits per heavy atom.